The lowest BCUT2D eigenvalue weighted by molar-refractivity contribution is -0.385. The Morgan fingerprint density at radius 3 is 2.72 bits per heavy atom. The molecule has 100 valence electrons. The predicted octanol–water partition coefficient (Wildman–Crippen LogP) is 1.89. The van der Waals surface area contributed by atoms with Gasteiger partial charge in [0.25, 0.3) is 5.69 Å². The van der Waals surface area contributed by atoms with Gasteiger partial charge in [-0.1, -0.05) is 19.1 Å². The lowest BCUT2D eigenvalue weighted by atomic mass is 10.1. The van der Waals surface area contributed by atoms with E-state index in [0.717, 1.165) is 5.56 Å². The Kier molecular flexibility index (Phi) is 5.43. The average Bonchev–Trinajstić information content (AvgIpc) is 2.31. The molecular formula is C12H18N2O3S. The summed E-state index contributed by atoms with van der Waals surface area (Å²) < 4.78 is 12.0. The van der Waals surface area contributed by atoms with Crippen molar-refractivity contribution in [1.82, 2.24) is 0 Å². The van der Waals surface area contributed by atoms with Gasteiger partial charge in [0.15, 0.2) is 0 Å². The van der Waals surface area contributed by atoms with Gasteiger partial charge >= 0.3 is 0 Å². The molecule has 2 N–H and O–H groups in total. The molecule has 0 aliphatic heterocycles. The molecule has 0 aliphatic carbocycles. The van der Waals surface area contributed by atoms with E-state index in [9.17, 15) is 14.3 Å². The third-order valence-corrected chi connectivity index (χ3v) is 4.66. The molecule has 0 saturated heterocycles. The van der Waals surface area contributed by atoms with E-state index in [1.165, 1.54) is 6.07 Å². The molecule has 0 aliphatic rings. The smallest absolute Gasteiger partial charge is 0.272 e. The molecule has 0 amide bonds. The first-order valence-electron chi connectivity index (χ1n) is 5.77. The molecule has 0 spiro atoms. The first kappa shape index (κ1) is 14.8. The zero-order valence-electron chi connectivity index (χ0n) is 10.6. The minimum absolute atomic E-state index is 0.00802. The zero-order chi connectivity index (χ0) is 13.7. The molecule has 0 heterocycles. The monoisotopic (exact) mass is 270 g/mol. The largest absolute Gasteiger partial charge is 0.330 e. The van der Waals surface area contributed by atoms with Crippen molar-refractivity contribution in [3.63, 3.8) is 0 Å². The Labute approximate surface area is 109 Å². The van der Waals surface area contributed by atoms with E-state index in [1.54, 1.807) is 19.1 Å². The first-order chi connectivity index (χ1) is 8.47. The van der Waals surface area contributed by atoms with Gasteiger partial charge in [-0.3, -0.25) is 14.3 Å². The van der Waals surface area contributed by atoms with E-state index in [2.05, 4.69) is 0 Å². The van der Waals surface area contributed by atoms with Gasteiger partial charge in [-0.05, 0) is 25.5 Å². The van der Waals surface area contributed by atoms with Gasteiger partial charge in [-0.25, -0.2) is 0 Å². The summed E-state index contributed by atoms with van der Waals surface area (Å²) in [5.41, 5.74) is 6.87. The van der Waals surface area contributed by atoms with Crippen LogP contribution in [0.5, 0.6) is 0 Å². The van der Waals surface area contributed by atoms with Crippen LogP contribution < -0.4 is 5.73 Å². The summed E-state index contributed by atoms with van der Waals surface area (Å²) in [6, 6.07) is 4.88. The summed E-state index contributed by atoms with van der Waals surface area (Å²) in [7, 11) is -1.05. The van der Waals surface area contributed by atoms with E-state index >= 15 is 0 Å². The molecule has 5 nitrogen and oxygen atoms in total. The van der Waals surface area contributed by atoms with Crippen molar-refractivity contribution in [3.05, 3.63) is 39.4 Å². The number of nitrogens with two attached hydrogens (primary N) is 1. The molecule has 18 heavy (non-hydrogen) atoms. The minimum Gasteiger partial charge on any atom is -0.330 e. The Balaban J connectivity index is 2.88. The molecule has 1 aromatic rings. The van der Waals surface area contributed by atoms with Crippen LogP contribution in [0.3, 0.4) is 0 Å². The standard InChI is InChI=1S/C12H18N2O3S/c1-9(6-7-13)18(17)8-11-4-3-5-12(10(11)2)14(15)16/h3-5,9H,6-8,13H2,1-2H3. The quantitative estimate of drug-likeness (QED) is 0.631. The fraction of sp³-hybridized carbons (Fsp3) is 0.500. The fourth-order valence-electron chi connectivity index (χ4n) is 1.69. The average molecular weight is 270 g/mol. The van der Waals surface area contributed by atoms with E-state index in [1.807, 2.05) is 6.92 Å². The predicted molar refractivity (Wildman–Crippen MR) is 72.8 cm³/mol. The molecule has 1 aromatic carbocycles. The summed E-state index contributed by atoms with van der Waals surface area (Å²) in [5, 5.41) is 10.8. The lowest BCUT2D eigenvalue weighted by Crippen LogP contribution is -2.17. The van der Waals surface area contributed by atoms with Crippen molar-refractivity contribution < 1.29 is 9.13 Å². The highest BCUT2D eigenvalue weighted by atomic mass is 32.2. The van der Waals surface area contributed by atoms with Crippen molar-refractivity contribution in [1.29, 1.82) is 0 Å². The topological polar surface area (TPSA) is 86.2 Å². The molecule has 6 heteroatoms. The van der Waals surface area contributed by atoms with E-state index in [-0.39, 0.29) is 10.9 Å². The highest BCUT2D eigenvalue weighted by Gasteiger charge is 2.17. The van der Waals surface area contributed by atoms with Gasteiger partial charge in [0.05, 0.1) is 4.92 Å². The fourth-order valence-corrected chi connectivity index (χ4v) is 2.99. The van der Waals surface area contributed by atoms with Gasteiger partial charge in [0, 0.05) is 33.4 Å². The molecule has 0 fully saturated rings. The van der Waals surface area contributed by atoms with E-state index in [0.29, 0.717) is 24.3 Å². The normalized spacial score (nSPS) is 14.2. The third kappa shape index (κ3) is 3.61. The van der Waals surface area contributed by atoms with E-state index < -0.39 is 15.7 Å². The minimum atomic E-state index is -1.05. The Hall–Kier alpha value is -1.27. The summed E-state index contributed by atoms with van der Waals surface area (Å²) in [6.07, 6.45) is 0.695. The number of benzene rings is 1. The van der Waals surface area contributed by atoms with Gasteiger partial charge < -0.3 is 5.73 Å². The number of hydrogen-bond donors (Lipinski definition) is 1. The second-order valence-electron chi connectivity index (χ2n) is 4.23. The maximum atomic E-state index is 12.0. The van der Waals surface area contributed by atoms with E-state index in [4.69, 9.17) is 5.73 Å². The van der Waals surface area contributed by atoms with Crippen molar-refractivity contribution in [3.8, 4) is 0 Å². The van der Waals surface area contributed by atoms with Crippen molar-refractivity contribution in [2.24, 2.45) is 5.73 Å². The van der Waals surface area contributed by atoms with Gasteiger partial charge in [-0.2, -0.15) is 0 Å². The van der Waals surface area contributed by atoms with Crippen molar-refractivity contribution in [2.45, 2.75) is 31.3 Å². The van der Waals surface area contributed by atoms with Crippen LogP contribution in [0, 0.1) is 17.0 Å². The molecule has 0 bridgehead atoms. The summed E-state index contributed by atoms with van der Waals surface area (Å²) >= 11 is 0. The second kappa shape index (κ2) is 6.61. The first-order valence-corrected chi connectivity index (χ1v) is 7.15. The lowest BCUT2D eigenvalue weighted by Gasteiger charge is -2.11. The van der Waals surface area contributed by atoms with Gasteiger partial charge in [0.2, 0.25) is 0 Å². The Bertz CT molecular complexity index is 463. The number of rotatable bonds is 6. The molecule has 0 saturated carbocycles. The number of hydrogen-bond acceptors (Lipinski definition) is 4. The number of nitro groups is 1. The molecule has 2 unspecified atom stereocenters. The zero-order valence-corrected chi connectivity index (χ0v) is 11.4. The van der Waals surface area contributed by atoms with Gasteiger partial charge in [-0.15, -0.1) is 0 Å². The number of nitro benzene ring substituents is 1. The van der Waals surface area contributed by atoms with Crippen LogP contribution in [-0.4, -0.2) is 20.9 Å². The summed E-state index contributed by atoms with van der Waals surface area (Å²) in [5.74, 6) is 0.342. The van der Waals surface area contributed by atoms with Crippen LogP contribution in [-0.2, 0) is 16.6 Å². The van der Waals surface area contributed by atoms with Crippen LogP contribution in [0.2, 0.25) is 0 Å². The Morgan fingerprint density at radius 2 is 2.17 bits per heavy atom. The van der Waals surface area contributed by atoms with Crippen LogP contribution in [0.15, 0.2) is 18.2 Å². The van der Waals surface area contributed by atoms with Crippen LogP contribution in [0.1, 0.15) is 24.5 Å². The summed E-state index contributed by atoms with van der Waals surface area (Å²) in [6.45, 7) is 4.08. The van der Waals surface area contributed by atoms with Gasteiger partial charge in [0.1, 0.15) is 0 Å². The summed E-state index contributed by atoms with van der Waals surface area (Å²) in [4.78, 5) is 10.4. The SMILES string of the molecule is Cc1c(CS(=O)C(C)CCN)cccc1[N+](=O)[O-]. The van der Waals surface area contributed by atoms with Crippen molar-refractivity contribution >= 4 is 16.5 Å². The molecule has 1 rings (SSSR count). The maximum absolute atomic E-state index is 12.0. The molecule has 0 aromatic heterocycles. The highest BCUT2D eigenvalue weighted by molar-refractivity contribution is 7.84. The van der Waals surface area contributed by atoms with Crippen LogP contribution >= 0.6 is 0 Å². The highest BCUT2D eigenvalue weighted by Crippen LogP contribution is 2.22. The second-order valence-corrected chi connectivity index (χ2v) is 6.09. The maximum Gasteiger partial charge on any atom is 0.272 e. The third-order valence-electron chi connectivity index (χ3n) is 2.93. The molecule has 0 radical (unpaired) electrons. The van der Waals surface area contributed by atoms with Crippen LogP contribution in [0.25, 0.3) is 0 Å². The Morgan fingerprint density at radius 1 is 1.50 bits per heavy atom. The molecular weight excluding hydrogens is 252 g/mol. The van der Waals surface area contributed by atoms with Crippen molar-refractivity contribution in [2.75, 3.05) is 6.54 Å². The molecule has 2 atom stereocenters. The van der Waals surface area contributed by atoms with Crippen LogP contribution in [0.4, 0.5) is 5.69 Å². The number of nitrogens with zero attached hydrogens (tertiary/aromatic N) is 1.